The highest BCUT2D eigenvalue weighted by atomic mass is 32.2. The van der Waals surface area contributed by atoms with Gasteiger partial charge in [-0.25, -0.2) is 22.9 Å². The Morgan fingerprint density at radius 2 is 1.97 bits per heavy atom. The number of pyridine rings is 2. The lowest BCUT2D eigenvalue weighted by molar-refractivity contribution is 0.287. The van der Waals surface area contributed by atoms with E-state index in [-0.39, 0.29) is 6.04 Å². The van der Waals surface area contributed by atoms with Gasteiger partial charge in [-0.3, -0.25) is 4.98 Å². The molecule has 4 aromatic heterocycles. The summed E-state index contributed by atoms with van der Waals surface area (Å²) in [6.07, 6.45) is 6.04. The Labute approximate surface area is 198 Å². The fourth-order valence-electron chi connectivity index (χ4n) is 4.80. The predicted molar refractivity (Wildman–Crippen MR) is 130 cm³/mol. The molecule has 1 atom stereocenters. The number of nitrogens with zero attached hydrogens (tertiary/aromatic N) is 5. The number of aryl methyl sites for hydroxylation is 1. The number of hydrogen-bond donors (Lipinski definition) is 1. The van der Waals surface area contributed by atoms with Crippen molar-refractivity contribution in [3.63, 3.8) is 0 Å². The third kappa shape index (κ3) is 3.61. The summed E-state index contributed by atoms with van der Waals surface area (Å²) in [5, 5.41) is 1.07. The molecule has 1 fully saturated rings. The van der Waals surface area contributed by atoms with Crippen molar-refractivity contribution >= 4 is 33.1 Å². The molecule has 0 amide bonds. The number of imidazole rings is 1. The van der Waals surface area contributed by atoms with E-state index in [1.165, 1.54) is 6.20 Å². The molecule has 1 aromatic carbocycles. The van der Waals surface area contributed by atoms with Gasteiger partial charge in [0.1, 0.15) is 22.3 Å². The van der Waals surface area contributed by atoms with Crippen LogP contribution >= 0.6 is 0 Å². The van der Waals surface area contributed by atoms with Crippen LogP contribution in [0.5, 0.6) is 0 Å². The molecule has 0 spiro atoms. The highest BCUT2D eigenvalue weighted by molar-refractivity contribution is 7.82. The second-order valence-corrected chi connectivity index (χ2v) is 10.1. The zero-order valence-electron chi connectivity index (χ0n) is 18.6. The molecule has 7 nitrogen and oxygen atoms in total. The van der Waals surface area contributed by atoms with Crippen molar-refractivity contribution < 1.29 is 8.60 Å². The van der Waals surface area contributed by atoms with E-state index in [0.717, 1.165) is 45.5 Å². The predicted octanol–water partition coefficient (Wildman–Crippen LogP) is 4.78. The molecule has 1 aliphatic rings. The summed E-state index contributed by atoms with van der Waals surface area (Å²) in [6.45, 7) is 3.33. The molecule has 5 heterocycles. The number of aromatic amines is 1. The molecule has 9 heteroatoms. The van der Waals surface area contributed by atoms with Crippen LogP contribution in [0.1, 0.15) is 24.6 Å². The molecule has 1 unspecified atom stereocenters. The molecule has 1 N–H and O–H groups in total. The van der Waals surface area contributed by atoms with E-state index < -0.39 is 16.8 Å². The SMILES string of the molecule is Cc1cc2cc(S(=O)N3CCC(n4c(-c5ccncc5F)nc5cccnc54)CC3)ccc2[nH]1. The maximum Gasteiger partial charge on any atom is 0.160 e. The van der Waals surface area contributed by atoms with E-state index in [2.05, 4.69) is 21.0 Å². The molecular weight excluding hydrogens is 451 g/mol. The highest BCUT2D eigenvalue weighted by Gasteiger charge is 2.29. The van der Waals surface area contributed by atoms with E-state index in [1.54, 1.807) is 18.5 Å². The summed E-state index contributed by atoms with van der Waals surface area (Å²) >= 11 is 0. The molecule has 34 heavy (non-hydrogen) atoms. The van der Waals surface area contributed by atoms with Gasteiger partial charge in [0.2, 0.25) is 0 Å². The number of piperidine rings is 1. The number of rotatable bonds is 4. The highest BCUT2D eigenvalue weighted by Crippen LogP contribution is 2.34. The van der Waals surface area contributed by atoms with Crippen LogP contribution in [0.2, 0.25) is 0 Å². The average molecular weight is 475 g/mol. The minimum Gasteiger partial charge on any atom is -0.359 e. The van der Waals surface area contributed by atoms with Gasteiger partial charge in [-0.15, -0.1) is 0 Å². The van der Waals surface area contributed by atoms with Crippen molar-refractivity contribution in [2.24, 2.45) is 0 Å². The second-order valence-electron chi connectivity index (χ2n) is 8.62. The van der Waals surface area contributed by atoms with E-state index >= 15 is 0 Å². The van der Waals surface area contributed by atoms with Crippen LogP contribution < -0.4 is 0 Å². The Balaban J connectivity index is 1.28. The van der Waals surface area contributed by atoms with Gasteiger partial charge in [-0.1, -0.05) is 0 Å². The van der Waals surface area contributed by atoms with E-state index in [1.807, 2.05) is 46.1 Å². The monoisotopic (exact) mass is 474 g/mol. The van der Waals surface area contributed by atoms with Gasteiger partial charge in [0, 0.05) is 48.1 Å². The van der Waals surface area contributed by atoms with Crippen molar-refractivity contribution in [3.05, 3.63) is 72.6 Å². The van der Waals surface area contributed by atoms with Crippen LogP contribution in [0.4, 0.5) is 4.39 Å². The lowest BCUT2D eigenvalue weighted by atomic mass is 10.1. The number of nitrogens with one attached hydrogen (secondary N) is 1. The summed E-state index contributed by atoms with van der Waals surface area (Å²) < 4.78 is 32.0. The van der Waals surface area contributed by atoms with Crippen LogP contribution in [0.15, 0.2) is 66.0 Å². The molecule has 0 saturated carbocycles. The maximum atomic E-state index is 14.6. The summed E-state index contributed by atoms with van der Waals surface area (Å²) in [5.74, 6) is 0.148. The van der Waals surface area contributed by atoms with Crippen LogP contribution in [-0.4, -0.2) is 46.1 Å². The van der Waals surface area contributed by atoms with Crippen molar-refractivity contribution in [1.29, 1.82) is 0 Å². The molecular formula is C25H23FN6OS. The smallest absolute Gasteiger partial charge is 0.160 e. The number of fused-ring (bicyclic) bond motifs is 2. The number of halogens is 1. The van der Waals surface area contributed by atoms with E-state index in [0.29, 0.717) is 24.5 Å². The number of aromatic nitrogens is 5. The third-order valence-corrected chi connectivity index (χ3v) is 7.91. The molecule has 1 saturated heterocycles. The maximum absolute atomic E-state index is 14.6. The number of benzene rings is 1. The van der Waals surface area contributed by atoms with Crippen LogP contribution in [0.3, 0.4) is 0 Å². The van der Waals surface area contributed by atoms with Gasteiger partial charge in [-0.2, -0.15) is 0 Å². The van der Waals surface area contributed by atoms with E-state index in [4.69, 9.17) is 4.98 Å². The molecule has 0 aliphatic carbocycles. The minimum absolute atomic E-state index is 0.0746. The number of hydrogen-bond acceptors (Lipinski definition) is 4. The molecule has 1 aliphatic heterocycles. The van der Waals surface area contributed by atoms with Crippen molar-refractivity contribution in [2.75, 3.05) is 13.1 Å². The topological polar surface area (TPSA) is 79.7 Å². The summed E-state index contributed by atoms with van der Waals surface area (Å²) in [7, 11) is -1.24. The first-order valence-corrected chi connectivity index (χ1v) is 12.4. The van der Waals surface area contributed by atoms with Gasteiger partial charge >= 0.3 is 0 Å². The number of H-pyrrole nitrogens is 1. The summed E-state index contributed by atoms with van der Waals surface area (Å²) in [4.78, 5) is 17.2. The minimum atomic E-state index is -1.24. The van der Waals surface area contributed by atoms with Crippen molar-refractivity contribution in [1.82, 2.24) is 28.8 Å². The largest absolute Gasteiger partial charge is 0.359 e. The Kier molecular flexibility index (Phi) is 5.23. The molecule has 6 rings (SSSR count). The first-order chi connectivity index (χ1) is 16.6. The first-order valence-electron chi connectivity index (χ1n) is 11.3. The van der Waals surface area contributed by atoms with Crippen molar-refractivity contribution in [2.45, 2.75) is 30.7 Å². The lowest BCUT2D eigenvalue weighted by Gasteiger charge is -2.32. The fraction of sp³-hybridized carbons (Fsp3) is 0.240. The Morgan fingerprint density at radius 1 is 1.12 bits per heavy atom. The lowest BCUT2D eigenvalue weighted by Crippen LogP contribution is -2.36. The molecule has 5 aromatic rings. The molecule has 0 bridgehead atoms. The second kappa shape index (κ2) is 8.41. The quantitative estimate of drug-likeness (QED) is 0.407. The third-order valence-electron chi connectivity index (χ3n) is 6.41. The van der Waals surface area contributed by atoms with Crippen molar-refractivity contribution in [3.8, 4) is 11.4 Å². The molecule has 172 valence electrons. The van der Waals surface area contributed by atoms with Crippen LogP contribution in [-0.2, 0) is 11.0 Å². The molecule has 0 radical (unpaired) electrons. The Bertz CT molecular complexity index is 1540. The van der Waals surface area contributed by atoms with Gasteiger partial charge in [-0.05, 0) is 62.2 Å². The Hall–Kier alpha value is -3.43. The first kappa shape index (κ1) is 21.1. The summed E-state index contributed by atoms with van der Waals surface area (Å²) in [6, 6.07) is 13.4. The normalized spacial score (nSPS) is 16.4. The van der Waals surface area contributed by atoms with Crippen LogP contribution in [0, 0.1) is 12.7 Å². The fourth-order valence-corrected chi connectivity index (χ4v) is 6.05. The zero-order chi connectivity index (χ0) is 23.2. The van der Waals surface area contributed by atoms with Gasteiger partial charge in [0.15, 0.2) is 11.5 Å². The van der Waals surface area contributed by atoms with Gasteiger partial charge in [0.25, 0.3) is 0 Å². The zero-order valence-corrected chi connectivity index (χ0v) is 19.4. The van der Waals surface area contributed by atoms with Gasteiger partial charge < -0.3 is 9.55 Å². The van der Waals surface area contributed by atoms with Crippen LogP contribution in [0.25, 0.3) is 33.5 Å². The summed E-state index contributed by atoms with van der Waals surface area (Å²) in [5.41, 5.74) is 4.01. The van der Waals surface area contributed by atoms with E-state index in [9.17, 15) is 8.60 Å². The standard InChI is InChI=1S/C25H23FN6OS/c1-16-13-17-14-19(4-5-22(17)29-16)34(33)31-11-7-18(8-12-31)32-24(20-6-10-27-15-21(20)26)30-23-3-2-9-28-25(23)32/h2-6,9-10,13-15,18,29H,7-8,11-12H2,1H3. The Morgan fingerprint density at radius 3 is 2.79 bits per heavy atom. The van der Waals surface area contributed by atoms with Gasteiger partial charge in [0.05, 0.1) is 16.7 Å². The average Bonchev–Trinajstić information content (AvgIpc) is 3.43.